The highest BCUT2D eigenvalue weighted by Gasteiger charge is 2.39. The second kappa shape index (κ2) is 6.30. The Labute approximate surface area is 119 Å². The fraction of sp³-hybridized carbons (Fsp3) is 0.133. The van der Waals surface area contributed by atoms with Crippen LogP contribution in [-0.4, -0.2) is 12.1 Å². The van der Waals surface area contributed by atoms with Crippen molar-refractivity contribution in [2.75, 3.05) is 5.32 Å². The van der Waals surface area contributed by atoms with Gasteiger partial charge in [0.05, 0.1) is 5.69 Å². The summed E-state index contributed by atoms with van der Waals surface area (Å²) in [4.78, 5) is 11.0. The van der Waals surface area contributed by atoms with E-state index in [0.717, 1.165) is 5.56 Å². The molecule has 2 aromatic rings. The van der Waals surface area contributed by atoms with Crippen LogP contribution in [0.2, 0.25) is 0 Å². The Kier molecular flexibility index (Phi) is 4.47. The Morgan fingerprint density at radius 1 is 1.00 bits per heavy atom. The van der Waals surface area contributed by atoms with Crippen LogP contribution in [0.15, 0.2) is 54.6 Å². The number of rotatable bonds is 4. The van der Waals surface area contributed by atoms with Crippen LogP contribution in [0, 0.1) is 0 Å². The van der Waals surface area contributed by atoms with E-state index in [1.165, 1.54) is 18.2 Å². The van der Waals surface area contributed by atoms with E-state index in [2.05, 4.69) is 0 Å². The molecular formula is C15H12F3NO2. The van der Waals surface area contributed by atoms with E-state index in [1.54, 1.807) is 11.4 Å². The largest absolute Gasteiger partial charge is 0.487 e. The number of halogens is 3. The Morgan fingerprint density at radius 2 is 1.62 bits per heavy atom. The number of anilines is 1. The smallest absolute Gasteiger partial charge is 0.471 e. The molecule has 0 fully saturated rings. The number of ether oxygens (including phenoxy) is 1. The lowest BCUT2D eigenvalue weighted by atomic mass is 10.2. The minimum absolute atomic E-state index is 0.0178. The zero-order valence-electron chi connectivity index (χ0n) is 10.9. The second-order valence-corrected chi connectivity index (χ2v) is 4.22. The second-order valence-electron chi connectivity index (χ2n) is 4.22. The van der Waals surface area contributed by atoms with E-state index in [0.29, 0.717) is 0 Å². The molecule has 0 aliphatic heterocycles. The first-order valence-corrected chi connectivity index (χ1v) is 6.11. The summed E-state index contributed by atoms with van der Waals surface area (Å²) >= 11 is 0. The summed E-state index contributed by atoms with van der Waals surface area (Å²) in [5.74, 6) is -1.85. The topological polar surface area (TPSA) is 38.3 Å². The van der Waals surface area contributed by atoms with Crippen LogP contribution in [0.4, 0.5) is 18.9 Å². The summed E-state index contributed by atoms with van der Waals surface area (Å²) in [6.07, 6.45) is -4.94. The van der Waals surface area contributed by atoms with Crippen molar-refractivity contribution < 1.29 is 22.7 Å². The van der Waals surface area contributed by atoms with Crippen LogP contribution in [0.1, 0.15) is 5.56 Å². The summed E-state index contributed by atoms with van der Waals surface area (Å²) in [7, 11) is 0. The molecule has 0 unspecified atom stereocenters. The molecule has 3 nitrogen and oxygen atoms in total. The van der Waals surface area contributed by atoms with E-state index < -0.39 is 12.1 Å². The van der Waals surface area contributed by atoms with Crippen molar-refractivity contribution in [2.24, 2.45) is 0 Å². The lowest BCUT2D eigenvalue weighted by Crippen LogP contribution is -2.30. The minimum atomic E-state index is -4.94. The Hall–Kier alpha value is -2.50. The highest BCUT2D eigenvalue weighted by atomic mass is 19.4. The molecule has 1 amide bonds. The van der Waals surface area contributed by atoms with E-state index in [4.69, 9.17) is 4.74 Å². The molecular weight excluding hydrogens is 283 g/mol. The fourth-order valence-corrected chi connectivity index (χ4v) is 1.62. The number of nitrogens with one attached hydrogen (secondary N) is 1. The number of benzene rings is 2. The van der Waals surface area contributed by atoms with Crippen LogP contribution < -0.4 is 10.1 Å². The zero-order chi connectivity index (χ0) is 15.3. The molecule has 0 spiro atoms. The Bertz CT molecular complexity index is 612. The molecule has 0 radical (unpaired) electrons. The predicted molar refractivity (Wildman–Crippen MR) is 71.9 cm³/mol. The normalized spacial score (nSPS) is 11.0. The zero-order valence-corrected chi connectivity index (χ0v) is 10.9. The first-order chi connectivity index (χ1) is 9.97. The summed E-state index contributed by atoms with van der Waals surface area (Å²) in [5, 5.41) is 1.80. The number of carbonyl (C=O) groups excluding carboxylic acids is 1. The number of hydrogen-bond donors (Lipinski definition) is 1. The van der Waals surface area contributed by atoms with Crippen LogP contribution in [0.3, 0.4) is 0 Å². The minimum Gasteiger partial charge on any atom is -0.487 e. The predicted octanol–water partition coefficient (Wildman–Crippen LogP) is 3.77. The standard InChI is InChI=1S/C15H12F3NO2/c16-15(17,18)14(20)19-12-8-4-5-9-13(12)21-10-11-6-2-1-3-7-11/h1-9H,10H2,(H,19,20). The number of amides is 1. The molecule has 0 aliphatic carbocycles. The van der Waals surface area contributed by atoms with E-state index >= 15 is 0 Å². The van der Waals surface area contributed by atoms with Crippen molar-refractivity contribution in [2.45, 2.75) is 12.8 Å². The summed E-state index contributed by atoms with van der Waals surface area (Å²) in [5.41, 5.74) is 0.852. The van der Waals surface area contributed by atoms with Gasteiger partial charge in [-0.1, -0.05) is 42.5 Å². The lowest BCUT2D eigenvalue weighted by molar-refractivity contribution is -0.167. The van der Waals surface area contributed by atoms with Crippen molar-refractivity contribution in [1.82, 2.24) is 0 Å². The molecule has 2 aromatic carbocycles. The fourth-order valence-electron chi connectivity index (χ4n) is 1.62. The van der Waals surface area contributed by atoms with Crippen molar-refractivity contribution in [3.63, 3.8) is 0 Å². The molecule has 6 heteroatoms. The summed E-state index contributed by atoms with van der Waals surface area (Å²) < 4.78 is 42.2. The molecule has 2 rings (SSSR count). The molecule has 0 aliphatic rings. The van der Waals surface area contributed by atoms with E-state index in [1.807, 2.05) is 30.3 Å². The van der Waals surface area contributed by atoms with Gasteiger partial charge in [0, 0.05) is 0 Å². The van der Waals surface area contributed by atoms with Crippen molar-refractivity contribution in [1.29, 1.82) is 0 Å². The van der Waals surface area contributed by atoms with E-state index in [-0.39, 0.29) is 18.0 Å². The van der Waals surface area contributed by atoms with Crippen molar-refractivity contribution in [3.8, 4) is 5.75 Å². The Balaban J connectivity index is 2.08. The molecule has 0 atom stereocenters. The van der Waals surface area contributed by atoms with Gasteiger partial charge < -0.3 is 10.1 Å². The van der Waals surface area contributed by atoms with Crippen LogP contribution >= 0.6 is 0 Å². The molecule has 21 heavy (non-hydrogen) atoms. The molecule has 0 aromatic heterocycles. The van der Waals surface area contributed by atoms with Gasteiger partial charge in [-0.25, -0.2) is 0 Å². The molecule has 1 N–H and O–H groups in total. The monoisotopic (exact) mass is 295 g/mol. The van der Waals surface area contributed by atoms with Crippen LogP contribution in [-0.2, 0) is 11.4 Å². The molecule has 0 bridgehead atoms. The number of para-hydroxylation sites is 2. The number of hydrogen-bond acceptors (Lipinski definition) is 2. The molecule has 0 heterocycles. The molecule has 0 saturated heterocycles. The third kappa shape index (κ3) is 4.24. The number of carbonyl (C=O) groups is 1. The highest BCUT2D eigenvalue weighted by molar-refractivity contribution is 5.96. The van der Waals surface area contributed by atoms with Gasteiger partial charge in [-0.15, -0.1) is 0 Å². The van der Waals surface area contributed by atoms with Crippen molar-refractivity contribution in [3.05, 3.63) is 60.2 Å². The van der Waals surface area contributed by atoms with Crippen LogP contribution in [0.5, 0.6) is 5.75 Å². The average molecular weight is 295 g/mol. The maximum absolute atomic E-state index is 12.3. The highest BCUT2D eigenvalue weighted by Crippen LogP contribution is 2.27. The SMILES string of the molecule is O=C(Nc1ccccc1OCc1ccccc1)C(F)(F)F. The molecule has 0 saturated carbocycles. The van der Waals surface area contributed by atoms with Gasteiger partial charge >= 0.3 is 12.1 Å². The summed E-state index contributed by atoms with van der Waals surface area (Å²) in [6.45, 7) is 0.194. The maximum atomic E-state index is 12.3. The quantitative estimate of drug-likeness (QED) is 0.932. The average Bonchev–Trinajstić information content (AvgIpc) is 2.46. The van der Waals surface area contributed by atoms with Crippen molar-refractivity contribution >= 4 is 11.6 Å². The van der Waals surface area contributed by atoms with Gasteiger partial charge in [0.15, 0.2) is 0 Å². The lowest BCUT2D eigenvalue weighted by Gasteiger charge is -2.13. The van der Waals surface area contributed by atoms with Crippen LogP contribution in [0.25, 0.3) is 0 Å². The third-order valence-corrected chi connectivity index (χ3v) is 2.63. The van der Waals surface area contributed by atoms with Gasteiger partial charge in [0.2, 0.25) is 0 Å². The number of alkyl halides is 3. The van der Waals surface area contributed by atoms with Gasteiger partial charge in [0.1, 0.15) is 12.4 Å². The van der Waals surface area contributed by atoms with E-state index in [9.17, 15) is 18.0 Å². The van der Waals surface area contributed by atoms with Gasteiger partial charge in [-0.05, 0) is 17.7 Å². The summed E-state index contributed by atoms with van der Waals surface area (Å²) in [6, 6.07) is 15.1. The molecule has 110 valence electrons. The van der Waals surface area contributed by atoms with Gasteiger partial charge in [-0.2, -0.15) is 13.2 Å². The maximum Gasteiger partial charge on any atom is 0.471 e. The van der Waals surface area contributed by atoms with Gasteiger partial charge in [0.25, 0.3) is 0 Å². The Morgan fingerprint density at radius 3 is 2.29 bits per heavy atom. The third-order valence-electron chi connectivity index (χ3n) is 2.63. The first-order valence-electron chi connectivity index (χ1n) is 6.11. The first kappa shape index (κ1) is 14.9. The van der Waals surface area contributed by atoms with Gasteiger partial charge in [-0.3, -0.25) is 4.79 Å².